The van der Waals surface area contributed by atoms with Crippen LogP contribution in [-0.2, 0) is 11.3 Å². The van der Waals surface area contributed by atoms with E-state index in [2.05, 4.69) is 41.5 Å². The first-order valence-corrected chi connectivity index (χ1v) is 6.08. The molecule has 0 unspecified atom stereocenters. The summed E-state index contributed by atoms with van der Waals surface area (Å²) in [6.07, 6.45) is 1.10. The van der Waals surface area contributed by atoms with Gasteiger partial charge in [-0.25, -0.2) is 15.8 Å². The molecule has 0 saturated heterocycles. The Hall–Kier alpha value is -1.40. The summed E-state index contributed by atoms with van der Waals surface area (Å²) in [4.78, 5) is 8.56. The van der Waals surface area contributed by atoms with Crippen molar-refractivity contribution in [3.05, 3.63) is 11.9 Å². The van der Waals surface area contributed by atoms with Crippen LogP contribution >= 0.6 is 0 Å². The first kappa shape index (κ1) is 14.7. The zero-order valence-corrected chi connectivity index (χ0v) is 11.6. The van der Waals surface area contributed by atoms with Crippen molar-refractivity contribution in [2.24, 2.45) is 11.3 Å². The van der Waals surface area contributed by atoms with Gasteiger partial charge in [-0.05, 0) is 11.8 Å². The van der Waals surface area contributed by atoms with Gasteiger partial charge >= 0.3 is 0 Å². The lowest BCUT2D eigenvalue weighted by atomic mass is 9.90. The third kappa shape index (κ3) is 4.46. The maximum atomic E-state index is 5.38. The largest absolute Gasteiger partial charge is 0.377 e. The third-order valence-electron chi connectivity index (χ3n) is 2.90. The summed E-state index contributed by atoms with van der Waals surface area (Å²) in [6, 6.07) is 1.78. The molecule has 1 heterocycles. The molecule has 6 heteroatoms. The summed E-state index contributed by atoms with van der Waals surface area (Å²) in [6.45, 7) is 7.79. The van der Waals surface area contributed by atoms with Crippen molar-refractivity contribution >= 4 is 11.6 Å². The minimum Gasteiger partial charge on any atom is -0.377 e. The Balaban J connectivity index is 2.78. The lowest BCUT2D eigenvalue weighted by molar-refractivity contribution is 0.178. The van der Waals surface area contributed by atoms with E-state index in [4.69, 9.17) is 10.6 Å². The number of aromatic nitrogens is 2. The van der Waals surface area contributed by atoms with Crippen LogP contribution in [-0.4, -0.2) is 23.6 Å². The summed E-state index contributed by atoms with van der Waals surface area (Å²) in [5.41, 5.74) is 2.76. The van der Waals surface area contributed by atoms with E-state index < -0.39 is 0 Å². The number of hydrazine groups is 1. The van der Waals surface area contributed by atoms with Crippen LogP contribution in [0.5, 0.6) is 0 Å². The quantitative estimate of drug-likeness (QED) is 0.507. The van der Waals surface area contributed by atoms with Crippen LogP contribution in [0, 0.1) is 5.41 Å². The standard InChI is InChI=1S/C12H23N5O/c1-5-12(2,3)8-14-9-6-10(17-13)16-11(15-9)7-18-4/h6H,5,7-8,13H2,1-4H3,(H2,14,15,16,17). The van der Waals surface area contributed by atoms with Crippen molar-refractivity contribution in [3.8, 4) is 0 Å². The van der Waals surface area contributed by atoms with Gasteiger partial charge in [-0.15, -0.1) is 0 Å². The Morgan fingerprint density at radius 1 is 1.33 bits per heavy atom. The molecular weight excluding hydrogens is 230 g/mol. The van der Waals surface area contributed by atoms with Gasteiger partial charge < -0.3 is 15.5 Å². The highest BCUT2D eigenvalue weighted by atomic mass is 16.5. The maximum Gasteiger partial charge on any atom is 0.158 e. The molecule has 0 amide bonds. The molecule has 0 atom stereocenters. The van der Waals surface area contributed by atoms with Crippen LogP contribution < -0.4 is 16.6 Å². The Morgan fingerprint density at radius 2 is 2.00 bits per heavy atom. The number of anilines is 2. The molecule has 18 heavy (non-hydrogen) atoms. The number of ether oxygens (including phenoxy) is 1. The van der Waals surface area contributed by atoms with Crippen molar-refractivity contribution in [1.29, 1.82) is 0 Å². The first-order valence-electron chi connectivity index (χ1n) is 6.08. The summed E-state index contributed by atoms with van der Waals surface area (Å²) < 4.78 is 5.03. The van der Waals surface area contributed by atoms with Crippen LogP contribution in [0.3, 0.4) is 0 Å². The van der Waals surface area contributed by atoms with Crippen LogP contribution in [0.25, 0.3) is 0 Å². The lowest BCUT2D eigenvalue weighted by Gasteiger charge is -2.23. The van der Waals surface area contributed by atoms with Crippen molar-refractivity contribution in [2.45, 2.75) is 33.8 Å². The van der Waals surface area contributed by atoms with E-state index in [9.17, 15) is 0 Å². The lowest BCUT2D eigenvalue weighted by Crippen LogP contribution is -2.23. The second-order valence-corrected chi connectivity index (χ2v) is 5.00. The Kier molecular flexibility index (Phi) is 5.30. The Labute approximate surface area is 108 Å². The zero-order valence-electron chi connectivity index (χ0n) is 11.6. The monoisotopic (exact) mass is 253 g/mol. The van der Waals surface area contributed by atoms with Crippen molar-refractivity contribution in [3.63, 3.8) is 0 Å². The second-order valence-electron chi connectivity index (χ2n) is 5.00. The van der Waals surface area contributed by atoms with Crippen LogP contribution in [0.1, 0.15) is 33.0 Å². The molecule has 0 aromatic carbocycles. The minimum absolute atomic E-state index is 0.225. The highest BCUT2D eigenvalue weighted by molar-refractivity contribution is 5.46. The van der Waals surface area contributed by atoms with Gasteiger partial charge in [0.2, 0.25) is 0 Å². The summed E-state index contributed by atoms with van der Waals surface area (Å²) in [5, 5.41) is 3.31. The van der Waals surface area contributed by atoms with Gasteiger partial charge in [-0.3, -0.25) is 0 Å². The van der Waals surface area contributed by atoms with Crippen LogP contribution in [0.15, 0.2) is 6.07 Å². The highest BCUT2D eigenvalue weighted by Gasteiger charge is 2.15. The number of hydrogen-bond donors (Lipinski definition) is 3. The molecule has 1 aromatic heterocycles. The molecule has 4 N–H and O–H groups in total. The van der Waals surface area contributed by atoms with Crippen molar-refractivity contribution in [2.75, 3.05) is 24.4 Å². The number of nitrogen functional groups attached to an aromatic ring is 1. The van der Waals surface area contributed by atoms with Gasteiger partial charge in [0, 0.05) is 19.7 Å². The average molecular weight is 253 g/mol. The van der Waals surface area contributed by atoms with Gasteiger partial charge in [-0.1, -0.05) is 20.8 Å². The van der Waals surface area contributed by atoms with E-state index in [0.717, 1.165) is 18.8 Å². The number of nitrogens with one attached hydrogen (secondary N) is 2. The molecule has 0 spiro atoms. The molecule has 102 valence electrons. The fourth-order valence-electron chi connectivity index (χ4n) is 1.31. The topological polar surface area (TPSA) is 85.1 Å². The fraction of sp³-hybridized carbons (Fsp3) is 0.667. The molecule has 1 rings (SSSR count). The third-order valence-corrected chi connectivity index (χ3v) is 2.90. The van der Waals surface area contributed by atoms with Gasteiger partial charge in [-0.2, -0.15) is 0 Å². The first-order chi connectivity index (χ1) is 8.50. The zero-order chi connectivity index (χ0) is 13.6. The Bertz CT molecular complexity index is 381. The molecule has 0 aliphatic rings. The number of nitrogens with two attached hydrogens (primary N) is 1. The van der Waals surface area contributed by atoms with E-state index in [1.807, 2.05) is 0 Å². The van der Waals surface area contributed by atoms with Crippen LogP contribution in [0.4, 0.5) is 11.6 Å². The SMILES string of the molecule is CCC(C)(C)CNc1cc(NN)nc(COC)n1. The molecule has 0 fully saturated rings. The summed E-state index contributed by atoms with van der Waals surface area (Å²) in [5.74, 6) is 7.32. The molecule has 0 saturated carbocycles. The molecule has 1 aromatic rings. The van der Waals surface area contributed by atoms with E-state index in [0.29, 0.717) is 18.2 Å². The molecule has 0 bridgehead atoms. The minimum atomic E-state index is 0.225. The van der Waals surface area contributed by atoms with E-state index >= 15 is 0 Å². The molecule has 6 nitrogen and oxygen atoms in total. The molecule has 0 radical (unpaired) electrons. The average Bonchev–Trinajstić information content (AvgIpc) is 2.37. The number of methoxy groups -OCH3 is 1. The summed E-state index contributed by atoms with van der Waals surface area (Å²) >= 11 is 0. The van der Waals surface area contributed by atoms with Gasteiger partial charge in [0.05, 0.1) is 0 Å². The number of rotatable bonds is 7. The van der Waals surface area contributed by atoms with Gasteiger partial charge in [0.15, 0.2) is 5.82 Å². The van der Waals surface area contributed by atoms with Gasteiger partial charge in [0.1, 0.15) is 18.2 Å². The second kappa shape index (κ2) is 6.51. The Morgan fingerprint density at radius 3 is 2.56 bits per heavy atom. The maximum absolute atomic E-state index is 5.38. The molecule has 0 aliphatic heterocycles. The molecular formula is C12H23N5O. The molecule has 0 aliphatic carbocycles. The highest BCUT2D eigenvalue weighted by Crippen LogP contribution is 2.20. The normalized spacial score (nSPS) is 11.4. The number of hydrogen-bond acceptors (Lipinski definition) is 6. The van der Waals surface area contributed by atoms with E-state index in [1.54, 1.807) is 13.2 Å². The number of nitrogens with zero attached hydrogens (tertiary/aromatic N) is 2. The van der Waals surface area contributed by atoms with Crippen LogP contribution in [0.2, 0.25) is 0 Å². The predicted octanol–water partition coefficient (Wildman–Crippen LogP) is 1.76. The van der Waals surface area contributed by atoms with E-state index in [1.165, 1.54) is 0 Å². The van der Waals surface area contributed by atoms with E-state index in [-0.39, 0.29) is 5.41 Å². The van der Waals surface area contributed by atoms with Gasteiger partial charge in [0.25, 0.3) is 0 Å². The van der Waals surface area contributed by atoms with Crippen molar-refractivity contribution in [1.82, 2.24) is 9.97 Å². The smallest absolute Gasteiger partial charge is 0.158 e. The fourth-order valence-corrected chi connectivity index (χ4v) is 1.31. The predicted molar refractivity (Wildman–Crippen MR) is 73.1 cm³/mol. The summed E-state index contributed by atoms with van der Waals surface area (Å²) in [7, 11) is 1.61. The van der Waals surface area contributed by atoms with Crippen molar-refractivity contribution < 1.29 is 4.74 Å².